The van der Waals surface area contributed by atoms with E-state index < -0.39 is 0 Å². The molecule has 0 bridgehead atoms. The van der Waals surface area contributed by atoms with Gasteiger partial charge in [-0.15, -0.1) is 0 Å². The summed E-state index contributed by atoms with van der Waals surface area (Å²) < 4.78 is 0.634. The highest BCUT2D eigenvalue weighted by Crippen LogP contribution is 2.07. The van der Waals surface area contributed by atoms with Crippen LogP contribution in [0.15, 0.2) is 48.8 Å². The molecular formula is C11H10N4S. The van der Waals surface area contributed by atoms with E-state index in [9.17, 15) is 0 Å². The second kappa shape index (κ2) is 5.18. The molecule has 0 spiro atoms. The summed E-state index contributed by atoms with van der Waals surface area (Å²) >= 11 is 4.60. The molecule has 80 valence electrons. The summed E-state index contributed by atoms with van der Waals surface area (Å²) in [5.74, 6) is 0. The number of hydrogen-bond acceptors (Lipinski definition) is 3. The number of nitrogens with zero attached hydrogens (tertiary/aromatic N) is 2. The van der Waals surface area contributed by atoms with Crippen molar-refractivity contribution in [3.8, 4) is 0 Å². The van der Waals surface area contributed by atoms with Crippen molar-refractivity contribution in [3.05, 3.63) is 53.4 Å². The van der Waals surface area contributed by atoms with Gasteiger partial charge in [0.25, 0.3) is 0 Å². The maximum Gasteiger partial charge on any atom is 0.139 e. The molecule has 0 atom stereocenters. The third kappa shape index (κ3) is 2.74. The Morgan fingerprint density at radius 1 is 1.06 bits per heavy atom. The van der Waals surface area contributed by atoms with Crippen molar-refractivity contribution in [3.63, 3.8) is 0 Å². The number of fused-ring (bicyclic) bond motifs is 1. The van der Waals surface area contributed by atoms with Crippen molar-refractivity contribution >= 4 is 23.1 Å². The molecule has 0 saturated heterocycles. The van der Waals surface area contributed by atoms with Gasteiger partial charge in [-0.2, -0.15) is 5.10 Å². The van der Waals surface area contributed by atoms with Gasteiger partial charge in [0.1, 0.15) is 4.64 Å². The number of H-pyrrole nitrogens is 2. The number of benzene rings is 1. The van der Waals surface area contributed by atoms with Crippen LogP contribution in [0.4, 0.5) is 0 Å². The molecule has 0 unspecified atom stereocenters. The zero-order valence-corrected chi connectivity index (χ0v) is 9.24. The lowest BCUT2D eigenvalue weighted by Crippen LogP contribution is -1.73. The van der Waals surface area contributed by atoms with Crippen LogP contribution in [0, 0.1) is 4.64 Å². The molecule has 4 nitrogen and oxygen atoms in total. The van der Waals surface area contributed by atoms with Crippen molar-refractivity contribution in [1.29, 1.82) is 0 Å². The lowest BCUT2D eigenvalue weighted by Gasteiger charge is -1.91. The smallest absolute Gasteiger partial charge is 0.139 e. The number of nitrogens with one attached hydrogen (secondary N) is 2. The largest absolute Gasteiger partial charge is 0.273 e. The molecule has 0 fully saturated rings. The Balaban J connectivity index is 0.000000138. The molecule has 5 heteroatoms. The van der Waals surface area contributed by atoms with E-state index in [0.29, 0.717) is 4.64 Å². The van der Waals surface area contributed by atoms with E-state index in [0.717, 1.165) is 5.52 Å². The van der Waals surface area contributed by atoms with Crippen LogP contribution in [0.25, 0.3) is 10.9 Å². The van der Waals surface area contributed by atoms with E-state index in [1.807, 2.05) is 30.5 Å². The summed E-state index contributed by atoms with van der Waals surface area (Å²) in [6.07, 6.45) is 3.34. The van der Waals surface area contributed by atoms with Crippen molar-refractivity contribution in [1.82, 2.24) is 20.4 Å². The van der Waals surface area contributed by atoms with Crippen molar-refractivity contribution in [2.75, 3.05) is 0 Å². The van der Waals surface area contributed by atoms with Crippen molar-refractivity contribution in [2.24, 2.45) is 0 Å². The molecule has 3 rings (SSSR count). The van der Waals surface area contributed by atoms with Gasteiger partial charge in [-0.1, -0.05) is 36.5 Å². The Morgan fingerprint density at radius 3 is 2.50 bits per heavy atom. The quantitative estimate of drug-likeness (QED) is 0.584. The third-order valence-corrected chi connectivity index (χ3v) is 2.15. The van der Waals surface area contributed by atoms with Gasteiger partial charge in [0, 0.05) is 11.6 Å². The van der Waals surface area contributed by atoms with Crippen LogP contribution in [-0.2, 0) is 0 Å². The zero-order chi connectivity index (χ0) is 11.2. The Bertz CT molecular complexity index is 532. The third-order valence-electron chi connectivity index (χ3n) is 1.94. The molecule has 0 amide bonds. The van der Waals surface area contributed by atoms with Crippen LogP contribution in [0.1, 0.15) is 0 Å². The highest BCUT2D eigenvalue weighted by molar-refractivity contribution is 7.71. The Hall–Kier alpha value is -2.01. The van der Waals surface area contributed by atoms with Gasteiger partial charge in [-0.05, 0) is 12.1 Å². The fourth-order valence-corrected chi connectivity index (χ4v) is 1.32. The number of rotatable bonds is 0. The van der Waals surface area contributed by atoms with E-state index >= 15 is 0 Å². The topological polar surface area (TPSA) is 57.4 Å². The highest BCUT2D eigenvalue weighted by atomic mass is 32.1. The predicted octanol–water partition coefficient (Wildman–Crippen LogP) is 2.70. The van der Waals surface area contributed by atoms with Gasteiger partial charge in [-0.25, -0.2) is 5.21 Å². The zero-order valence-electron chi connectivity index (χ0n) is 8.42. The second-order valence-corrected chi connectivity index (χ2v) is 3.50. The number of hydrogen-bond donors (Lipinski definition) is 2. The minimum atomic E-state index is 0.634. The Morgan fingerprint density at radius 2 is 1.88 bits per heavy atom. The summed E-state index contributed by atoms with van der Waals surface area (Å²) in [7, 11) is 0. The summed E-state index contributed by atoms with van der Waals surface area (Å²) in [4.78, 5) is 4.18. The first-order chi connectivity index (χ1) is 7.86. The van der Waals surface area contributed by atoms with Crippen LogP contribution in [-0.4, -0.2) is 20.4 Å². The number of aromatic nitrogens is 4. The maximum absolute atomic E-state index is 4.60. The highest BCUT2D eigenvalue weighted by Gasteiger charge is 1.86. The summed E-state index contributed by atoms with van der Waals surface area (Å²) in [5, 5.41) is 9.77. The van der Waals surface area contributed by atoms with E-state index in [4.69, 9.17) is 0 Å². The number of aromatic amines is 2. The minimum absolute atomic E-state index is 0.634. The van der Waals surface area contributed by atoms with Gasteiger partial charge in [0.2, 0.25) is 0 Å². The molecule has 2 N–H and O–H groups in total. The lowest BCUT2D eigenvalue weighted by molar-refractivity contribution is 0.937. The average Bonchev–Trinajstić information content (AvgIpc) is 2.81. The van der Waals surface area contributed by atoms with Crippen molar-refractivity contribution in [2.45, 2.75) is 0 Å². The minimum Gasteiger partial charge on any atom is -0.273 e. The fourth-order valence-electron chi connectivity index (χ4n) is 1.23. The number of pyridine rings is 1. The summed E-state index contributed by atoms with van der Waals surface area (Å²) in [6, 6.07) is 12.1. The van der Waals surface area contributed by atoms with Gasteiger partial charge < -0.3 is 0 Å². The van der Waals surface area contributed by atoms with Crippen LogP contribution in [0.3, 0.4) is 0 Å². The van der Waals surface area contributed by atoms with Gasteiger partial charge in [0.05, 0.1) is 11.7 Å². The van der Waals surface area contributed by atoms with Gasteiger partial charge in [0.15, 0.2) is 0 Å². The standard InChI is InChI=1S/C9H7N.C2H3N3S/c1-2-6-9-8(4-1)5-3-7-10-9;6-2-1-3-5-4-2/h1-7H;1H,(H2,3,4,5,6). The maximum atomic E-state index is 4.60. The van der Waals surface area contributed by atoms with E-state index in [-0.39, 0.29) is 0 Å². The Kier molecular flexibility index (Phi) is 3.40. The average molecular weight is 230 g/mol. The van der Waals surface area contributed by atoms with E-state index in [1.165, 1.54) is 11.6 Å². The van der Waals surface area contributed by atoms with Gasteiger partial charge in [-0.3, -0.25) is 10.1 Å². The monoisotopic (exact) mass is 230 g/mol. The summed E-state index contributed by atoms with van der Waals surface area (Å²) in [6.45, 7) is 0. The molecule has 16 heavy (non-hydrogen) atoms. The van der Waals surface area contributed by atoms with Crippen LogP contribution in [0.2, 0.25) is 0 Å². The Labute approximate surface area is 97.3 Å². The number of para-hydroxylation sites is 1. The molecule has 1 aromatic carbocycles. The molecule has 0 saturated carbocycles. The molecule has 0 aliphatic heterocycles. The first kappa shape index (κ1) is 10.5. The molecule has 0 aliphatic rings. The molecule has 2 aromatic heterocycles. The van der Waals surface area contributed by atoms with Crippen LogP contribution >= 0.6 is 12.2 Å². The SMILES string of the molecule is S=c1cn[nH][nH]1.c1ccc2ncccc2c1. The summed E-state index contributed by atoms with van der Waals surface area (Å²) in [5.41, 5.74) is 1.06. The van der Waals surface area contributed by atoms with Crippen LogP contribution in [0.5, 0.6) is 0 Å². The second-order valence-electron chi connectivity index (χ2n) is 3.06. The normalized spacial score (nSPS) is 9.50. The first-order valence-electron chi connectivity index (χ1n) is 4.74. The lowest BCUT2D eigenvalue weighted by atomic mass is 10.2. The molecule has 0 radical (unpaired) electrons. The van der Waals surface area contributed by atoms with Gasteiger partial charge >= 0.3 is 0 Å². The molecular weight excluding hydrogens is 220 g/mol. The molecule has 2 heterocycles. The first-order valence-corrected chi connectivity index (χ1v) is 5.15. The predicted molar refractivity (Wildman–Crippen MR) is 65.5 cm³/mol. The molecule has 3 aromatic rings. The fraction of sp³-hybridized carbons (Fsp3) is 0. The van der Waals surface area contributed by atoms with Crippen molar-refractivity contribution < 1.29 is 0 Å². The van der Waals surface area contributed by atoms with E-state index in [2.05, 4.69) is 44.7 Å². The van der Waals surface area contributed by atoms with Crippen LogP contribution < -0.4 is 0 Å². The molecule has 0 aliphatic carbocycles. The van der Waals surface area contributed by atoms with E-state index in [1.54, 1.807) is 0 Å².